The van der Waals surface area contributed by atoms with Gasteiger partial charge in [0.05, 0.1) is 0 Å². The Kier molecular flexibility index (Phi) is 6.38. The maximum absolute atomic E-state index is 11.5. The summed E-state index contributed by atoms with van der Waals surface area (Å²) in [6, 6.07) is 7.74. The zero-order chi connectivity index (χ0) is 11.0. The monoisotopic (exact) mass is 190 g/mol. The van der Waals surface area contributed by atoms with Crippen LogP contribution >= 0.6 is 0 Å². The number of carbonyl (C=O) groups excluding carboxylic acids is 1. The molecule has 0 saturated heterocycles. The number of hydrogen-bond donors (Lipinski definition) is 0. The van der Waals surface area contributed by atoms with Gasteiger partial charge < -0.3 is 0 Å². The topological polar surface area (TPSA) is 17.1 Å². The van der Waals surface area contributed by atoms with Crippen LogP contribution in [0.2, 0.25) is 0 Å². The summed E-state index contributed by atoms with van der Waals surface area (Å²) in [7, 11) is 0. The van der Waals surface area contributed by atoms with Gasteiger partial charge in [0.25, 0.3) is 0 Å². The Morgan fingerprint density at radius 1 is 1.29 bits per heavy atom. The summed E-state index contributed by atoms with van der Waals surface area (Å²) in [6.45, 7) is 10.00. The maximum Gasteiger partial charge on any atom is 0.163 e. The van der Waals surface area contributed by atoms with Gasteiger partial charge in [-0.2, -0.15) is 0 Å². The minimum atomic E-state index is 0.260. The zero-order valence-corrected chi connectivity index (χ0v) is 9.05. The van der Waals surface area contributed by atoms with Gasteiger partial charge in [-0.25, -0.2) is 0 Å². The van der Waals surface area contributed by atoms with Crippen LogP contribution in [0.3, 0.4) is 0 Å². The summed E-state index contributed by atoms with van der Waals surface area (Å²) < 4.78 is 0. The summed E-state index contributed by atoms with van der Waals surface area (Å²) in [5.74, 6) is 0.260. The lowest BCUT2D eigenvalue weighted by atomic mass is 10.0. The number of benzene rings is 1. The standard InChI is InChI=1S/C11H14O.C2H4/c1-3-6-11(12)10-8-5-4-7-9(10)2;1-2/h4-5,7-8H,3,6H2,1-2H3;1-2H2. The Morgan fingerprint density at radius 3 is 2.36 bits per heavy atom. The molecule has 0 spiro atoms. The van der Waals surface area contributed by atoms with Crippen molar-refractivity contribution in [3.05, 3.63) is 48.6 Å². The van der Waals surface area contributed by atoms with Gasteiger partial charge in [-0.15, -0.1) is 13.2 Å². The van der Waals surface area contributed by atoms with Crippen molar-refractivity contribution in [1.82, 2.24) is 0 Å². The number of hydrogen-bond acceptors (Lipinski definition) is 1. The minimum Gasteiger partial charge on any atom is -0.294 e. The van der Waals surface area contributed by atoms with Crippen molar-refractivity contribution in [2.75, 3.05) is 0 Å². The molecule has 0 heterocycles. The Labute approximate surface area is 86.5 Å². The van der Waals surface area contributed by atoms with E-state index in [0.717, 1.165) is 17.5 Å². The first kappa shape index (κ1) is 12.6. The lowest BCUT2D eigenvalue weighted by Gasteiger charge is -2.01. The molecule has 1 rings (SSSR count). The van der Waals surface area contributed by atoms with Crippen molar-refractivity contribution >= 4 is 5.78 Å². The highest BCUT2D eigenvalue weighted by molar-refractivity contribution is 5.97. The second-order valence-electron chi connectivity index (χ2n) is 2.99. The van der Waals surface area contributed by atoms with E-state index in [0.29, 0.717) is 6.42 Å². The Morgan fingerprint density at radius 2 is 1.86 bits per heavy atom. The van der Waals surface area contributed by atoms with E-state index in [2.05, 4.69) is 13.2 Å². The van der Waals surface area contributed by atoms with Gasteiger partial charge in [-0.3, -0.25) is 4.79 Å². The lowest BCUT2D eigenvalue weighted by molar-refractivity contribution is 0.0981. The first-order chi connectivity index (χ1) is 6.75. The van der Waals surface area contributed by atoms with Crippen LogP contribution in [0.15, 0.2) is 37.4 Å². The zero-order valence-electron chi connectivity index (χ0n) is 9.05. The number of Topliss-reactive ketones (excluding diaryl/α,β-unsaturated/α-hetero) is 1. The van der Waals surface area contributed by atoms with E-state index in [1.165, 1.54) is 0 Å². The predicted molar refractivity (Wildman–Crippen MR) is 61.7 cm³/mol. The lowest BCUT2D eigenvalue weighted by Crippen LogP contribution is -2.00. The highest BCUT2D eigenvalue weighted by Gasteiger charge is 2.05. The summed E-state index contributed by atoms with van der Waals surface area (Å²) in [6.07, 6.45) is 1.58. The fourth-order valence-electron chi connectivity index (χ4n) is 1.25. The molecule has 0 aliphatic rings. The molecule has 0 N–H and O–H groups in total. The first-order valence-electron chi connectivity index (χ1n) is 4.84. The third-order valence-electron chi connectivity index (χ3n) is 1.92. The molecule has 0 aliphatic heterocycles. The summed E-state index contributed by atoms with van der Waals surface area (Å²) >= 11 is 0. The highest BCUT2D eigenvalue weighted by Crippen LogP contribution is 2.10. The van der Waals surface area contributed by atoms with Crippen molar-refractivity contribution in [1.29, 1.82) is 0 Å². The van der Waals surface area contributed by atoms with Gasteiger partial charge in [-0.05, 0) is 18.9 Å². The maximum atomic E-state index is 11.5. The number of carbonyl (C=O) groups is 1. The highest BCUT2D eigenvalue weighted by atomic mass is 16.1. The van der Waals surface area contributed by atoms with Crippen LogP contribution in [0.25, 0.3) is 0 Å². The second-order valence-corrected chi connectivity index (χ2v) is 2.99. The van der Waals surface area contributed by atoms with Crippen LogP contribution in [0, 0.1) is 6.92 Å². The van der Waals surface area contributed by atoms with Crippen molar-refractivity contribution < 1.29 is 4.79 Å². The molecule has 0 bridgehead atoms. The molecule has 1 heteroatoms. The van der Waals surface area contributed by atoms with E-state index in [4.69, 9.17) is 0 Å². The Hall–Kier alpha value is -1.37. The molecular weight excluding hydrogens is 172 g/mol. The molecule has 0 radical (unpaired) electrons. The van der Waals surface area contributed by atoms with Crippen LogP contribution < -0.4 is 0 Å². The quantitative estimate of drug-likeness (QED) is 0.523. The smallest absolute Gasteiger partial charge is 0.163 e. The second kappa shape index (κ2) is 7.07. The van der Waals surface area contributed by atoms with Gasteiger partial charge in [0.1, 0.15) is 0 Å². The fraction of sp³-hybridized carbons (Fsp3) is 0.308. The fourth-order valence-corrected chi connectivity index (χ4v) is 1.25. The molecule has 14 heavy (non-hydrogen) atoms. The van der Waals surface area contributed by atoms with Gasteiger partial charge in [0, 0.05) is 12.0 Å². The van der Waals surface area contributed by atoms with E-state index < -0.39 is 0 Å². The van der Waals surface area contributed by atoms with Crippen molar-refractivity contribution in [3.8, 4) is 0 Å². The third-order valence-corrected chi connectivity index (χ3v) is 1.92. The number of aryl methyl sites for hydroxylation is 1. The molecule has 0 unspecified atom stereocenters. The van der Waals surface area contributed by atoms with Crippen LogP contribution in [-0.4, -0.2) is 5.78 Å². The molecule has 0 atom stereocenters. The van der Waals surface area contributed by atoms with Crippen molar-refractivity contribution in [3.63, 3.8) is 0 Å². The van der Waals surface area contributed by atoms with Gasteiger partial charge in [-0.1, -0.05) is 31.2 Å². The molecule has 0 aliphatic carbocycles. The average Bonchev–Trinajstić information content (AvgIpc) is 2.22. The van der Waals surface area contributed by atoms with Crippen LogP contribution in [0.1, 0.15) is 35.7 Å². The van der Waals surface area contributed by atoms with Gasteiger partial charge >= 0.3 is 0 Å². The van der Waals surface area contributed by atoms with Crippen LogP contribution in [0.5, 0.6) is 0 Å². The van der Waals surface area contributed by atoms with E-state index >= 15 is 0 Å². The SMILES string of the molecule is C=C.CCCC(=O)c1ccccc1C. The summed E-state index contributed by atoms with van der Waals surface area (Å²) in [5, 5.41) is 0. The minimum absolute atomic E-state index is 0.260. The molecule has 1 nitrogen and oxygen atoms in total. The van der Waals surface area contributed by atoms with E-state index in [-0.39, 0.29) is 5.78 Å². The largest absolute Gasteiger partial charge is 0.294 e. The predicted octanol–water partition coefficient (Wildman–Crippen LogP) is 3.78. The van der Waals surface area contributed by atoms with Gasteiger partial charge in [0.2, 0.25) is 0 Å². The van der Waals surface area contributed by atoms with Crippen LogP contribution in [-0.2, 0) is 0 Å². The normalized spacial score (nSPS) is 8.71. The molecular formula is C13H18O. The molecule has 1 aromatic rings. The molecule has 76 valence electrons. The Bertz CT molecular complexity index is 289. The number of rotatable bonds is 3. The molecule has 0 fully saturated rings. The average molecular weight is 190 g/mol. The molecule has 0 amide bonds. The van der Waals surface area contributed by atoms with E-state index in [1.807, 2.05) is 38.1 Å². The summed E-state index contributed by atoms with van der Waals surface area (Å²) in [5.41, 5.74) is 1.95. The first-order valence-corrected chi connectivity index (χ1v) is 4.84. The molecule has 0 saturated carbocycles. The Balaban J connectivity index is 0.000000791. The van der Waals surface area contributed by atoms with Crippen molar-refractivity contribution in [2.45, 2.75) is 26.7 Å². The number of ketones is 1. The molecule has 0 aromatic heterocycles. The van der Waals surface area contributed by atoms with Crippen LogP contribution in [0.4, 0.5) is 0 Å². The van der Waals surface area contributed by atoms with Gasteiger partial charge in [0.15, 0.2) is 5.78 Å². The van der Waals surface area contributed by atoms with E-state index in [9.17, 15) is 4.79 Å². The summed E-state index contributed by atoms with van der Waals surface area (Å²) in [4.78, 5) is 11.5. The van der Waals surface area contributed by atoms with E-state index in [1.54, 1.807) is 0 Å². The molecule has 1 aromatic carbocycles. The van der Waals surface area contributed by atoms with Crippen molar-refractivity contribution in [2.24, 2.45) is 0 Å². The third kappa shape index (κ3) is 3.56.